The number of halogens is 1. The molecule has 74 valence electrons. The van der Waals surface area contributed by atoms with E-state index in [9.17, 15) is 19.2 Å². The fourth-order valence-corrected chi connectivity index (χ4v) is 0.930. The van der Waals surface area contributed by atoms with E-state index in [1.807, 2.05) is 0 Å². The van der Waals surface area contributed by atoms with Gasteiger partial charge in [-0.1, -0.05) is 6.07 Å². The zero-order chi connectivity index (χ0) is 10.6. The Bertz CT molecular complexity index is 366. The quantitative estimate of drug-likeness (QED) is 0.562. The molecule has 0 spiro atoms. The maximum atomic E-state index is 11.5. The number of hydrogen-bond donors (Lipinski definition) is 2. The number of amides is 1. The zero-order valence-electron chi connectivity index (χ0n) is 6.86. The highest BCUT2D eigenvalue weighted by Crippen LogP contribution is 2.27. The molecule has 1 aromatic carbocycles. The molecule has 0 aliphatic heterocycles. The lowest BCUT2D eigenvalue weighted by molar-refractivity contribution is -0.105. The van der Waals surface area contributed by atoms with Crippen LogP contribution in [0.4, 0.5) is 10.2 Å². The van der Waals surface area contributed by atoms with Crippen molar-refractivity contribution in [2.24, 2.45) is 0 Å². The van der Waals surface area contributed by atoms with Crippen molar-refractivity contribution >= 4 is 18.1 Å². The van der Waals surface area contributed by atoms with E-state index in [4.69, 9.17) is 0 Å². The zero-order valence-corrected chi connectivity index (χ0v) is 6.86. The van der Waals surface area contributed by atoms with Crippen molar-refractivity contribution in [3.63, 3.8) is 0 Å². The van der Waals surface area contributed by atoms with Crippen molar-refractivity contribution in [2.45, 2.75) is 0 Å². The maximum Gasteiger partial charge on any atom is 0.383 e. The van der Waals surface area contributed by atoms with E-state index in [0.717, 1.165) is 6.07 Å². The Hall–Kier alpha value is -2.11. The van der Waals surface area contributed by atoms with Gasteiger partial charge in [0.15, 0.2) is 5.75 Å². The molecule has 0 atom stereocenters. The van der Waals surface area contributed by atoms with E-state index < -0.39 is 11.7 Å². The van der Waals surface area contributed by atoms with E-state index in [2.05, 4.69) is 10.3 Å². The predicted octanol–water partition coefficient (Wildman–Crippen LogP) is 1.00. The molecule has 0 saturated carbocycles. The minimum absolute atomic E-state index is 0.00269. The van der Waals surface area contributed by atoms with Crippen LogP contribution in [-0.2, 0) is 9.74 Å². The topological polar surface area (TPSA) is 75.6 Å². The summed E-state index contributed by atoms with van der Waals surface area (Å²) in [5, 5.41) is 11.5. The molecule has 2 N–H and O–H groups in total. The smallest absolute Gasteiger partial charge is 0.383 e. The van der Waals surface area contributed by atoms with Gasteiger partial charge in [-0.25, -0.2) is 9.74 Å². The lowest BCUT2D eigenvalue weighted by atomic mass is 10.2. The lowest BCUT2D eigenvalue weighted by Crippen LogP contribution is -2.02. The summed E-state index contributed by atoms with van der Waals surface area (Å²) in [6, 6.07) is 3.86. The number of phenols is 1. The Morgan fingerprint density at radius 1 is 1.57 bits per heavy atom. The van der Waals surface area contributed by atoms with Gasteiger partial charge in [0.25, 0.3) is 0 Å². The minimum atomic E-state index is -1.32. The molecule has 0 radical (unpaired) electrons. The fourth-order valence-electron chi connectivity index (χ4n) is 0.930. The number of aromatic hydroxyl groups is 1. The van der Waals surface area contributed by atoms with Crippen molar-refractivity contribution in [1.29, 1.82) is 0 Å². The average molecular weight is 199 g/mol. The van der Waals surface area contributed by atoms with E-state index in [1.54, 1.807) is 0 Å². The van der Waals surface area contributed by atoms with Crippen LogP contribution < -0.4 is 5.32 Å². The van der Waals surface area contributed by atoms with Crippen LogP contribution in [0.1, 0.15) is 10.4 Å². The highest BCUT2D eigenvalue weighted by atomic mass is 19.3. The van der Waals surface area contributed by atoms with Gasteiger partial charge in [0.05, 0.1) is 5.69 Å². The first-order valence-corrected chi connectivity index (χ1v) is 3.55. The fraction of sp³-hybridized carbons (Fsp3) is 0. The molecule has 1 amide bonds. The van der Waals surface area contributed by atoms with Crippen molar-refractivity contribution in [2.75, 3.05) is 5.32 Å². The monoisotopic (exact) mass is 199 g/mol. The number of anilines is 1. The third-order valence-corrected chi connectivity index (χ3v) is 1.54. The van der Waals surface area contributed by atoms with Gasteiger partial charge < -0.3 is 10.4 Å². The normalized spacial score (nSPS) is 9.21. The van der Waals surface area contributed by atoms with E-state index in [-0.39, 0.29) is 11.3 Å². The molecule has 1 aromatic rings. The van der Waals surface area contributed by atoms with Crippen LogP contribution in [0, 0.1) is 0 Å². The lowest BCUT2D eigenvalue weighted by Gasteiger charge is -2.04. The number of nitrogens with one attached hydrogen (secondary N) is 1. The molecule has 5 nitrogen and oxygen atoms in total. The number of carbonyl (C=O) groups is 2. The molecule has 0 aromatic heterocycles. The van der Waals surface area contributed by atoms with Crippen LogP contribution in [0.15, 0.2) is 18.2 Å². The molecule has 0 saturated heterocycles. The summed E-state index contributed by atoms with van der Waals surface area (Å²) in [5.41, 5.74) is -0.359. The second kappa shape index (κ2) is 4.22. The second-order valence-corrected chi connectivity index (χ2v) is 2.33. The van der Waals surface area contributed by atoms with Crippen molar-refractivity contribution in [3.05, 3.63) is 23.8 Å². The van der Waals surface area contributed by atoms with Crippen LogP contribution in [0.25, 0.3) is 0 Å². The van der Waals surface area contributed by atoms with Crippen LogP contribution in [0.3, 0.4) is 0 Å². The molecule has 14 heavy (non-hydrogen) atoms. The van der Waals surface area contributed by atoms with E-state index in [1.165, 1.54) is 12.1 Å². The summed E-state index contributed by atoms with van der Waals surface area (Å²) in [6.07, 6.45) is 0.319. The van der Waals surface area contributed by atoms with Gasteiger partial charge in [0.1, 0.15) is 5.56 Å². The second-order valence-electron chi connectivity index (χ2n) is 2.33. The van der Waals surface area contributed by atoms with Gasteiger partial charge in [-0.15, -0.1) is 0 Å². The standard InChI is InChI=1S/C8H6FNO4/c9-14-8(13)5-2-1-3-6(7(5)12)10-4-11/h1-4,12H,(H,10,11). The first kappa shape index (κ1) is 9.97. The first-order valence-electron chi connectivity index (χ1n) is 3.55. The van der Waals surface area contributed by atoms with Gasteiger partial charge in [-0.3, -0.25) is 4.79 Å². The van der Waals surface area contributed by atoms with Crippen LogP contribution in [0.2, 0.25) is 0 Å². The summed E-state index contributed by atoms with van der Waals surface area (Å²) in [7, 11) is 0. The Balaban J connectivity index is 3.13. The minimum Gasteiger partial charge on any atom is -0.505 e. The highest BCUT2D eigenvalue weighted by Gasteiger charge is 2.15. The third-order valence-electron chi connectivity index (χ3n) is 1.54. The molecule has 0 unspecified atom stereocenters. The largest absolute Gasteiger partial charge is 0.505 e. The predicted molar refractivity (Wildman–Crippen MR) is 44.3 cm³/mol. The van der Waals surface area contributed by atoms with E-state index in [0.29, 0.717) is 6.41 Å². The number of hydrogen-bond acceptors (Lipinski definition) is 4. The molecule has 0 fully saturated rings. The van der Waals surface area contributed by atoms with Crippen LogP contribution in [0.5, 0.6) is 5.75 Å². The van der Waals surface area contributed by atoms with Gasteiger partial charge >= 0.3 is 5.97 Å². The molecule has 6 heteroatoms. The highest BCUT2D eigenvalue weighted by molar-refractivity contribution is 5.95. The molecule has 0 bridgehead atoms. The summed E-state index contributed by atoms with van der Waals surface area (Å²) in [4.78, 5) is 23.7. The number of phenolic OH excluding ortho intramolecular Hbond substituents is 1. The van der Waals surface area contributed by atoms with E-state index >= 15 is 0 Å². The Morgan fingerprint density at radius 2 is 2.29 bits per heavy atom. The number of rotatable bonds is 3. The third kappa shape index (κ3) is 1.79. The van der Waals surface area contributed by atoms with Crippen molar-refractivity contribution in [1.82, 2.24) is 0 Å². The Kier molecular flexibility index (Phi) is 3.01. The van der Waals surface area contributed by atoms with Gasteiger partial charge in [-0.2, -0.15) is 0 Å². The number of carbonyl (C=O) groups excluding carboxylic acids is 2. The summed E-state index contributed by atoms with van der Waals surface area (Å²) in [5.74, 6) is -1.86. The summed E-state index contributed by atoms with van der Waals surface area (Å²) >= 11 is 0. The molecule has 1 rings (SSSR count). The van der Waals surface area contributed by atoms with Crippen LogP contribution in [-0.4, -0.2) is 17.5 Å². The maximum absolute atomic E-state index is 11.5. The van der Waals surface area contributed by atoms with Crippen molar-refractivity contribution in [3.8, 4) is 5.75 Å². The number of para-hydroxylation sites is 1. The van der Waals surface area contributed by atoms with Gasteiger partial charge in [-0.05, 0) is 12.1 Å². The Morgan fingerprint density at radius 3 is 2.86 bits per heavy atom. The first-order chi connectivity index (χ1) is 6.70. The Labute approximate surface area is 78.0 Å². The SMILES string of the molecule is O=CNc1cccc(C(=O)OF)c1O. The van der Waals surface area contributed by atoms with Crippen molar-refractivity contribution < 1.29 is 24.2 Å². The van der Waals surface area contributed by atoms with Crippen LogP contribution >= 0.6 is 0 Å². The molecular formula is C8H6FNO4. The summed E-state index contributed by atoms with van der Waals surface area (Å²) < 4.78 is 11.5. The molecule has 0 aliphatic carbocycles. The number of benzene rings is 1. The molecule has 0 heterocycles. The molecule has 0 aliphatic rings. The molecular weight excluding hydrogens is 193 g/mol. The van der Waals surface area contributed by atoms with Gasteiger partial charge in [0.2, 0.25) is 6.41 Å². The summed E-state index contributed by atoms with van der Waals surface area (Å²) in [6.45, 7) is 0. The average Bonchev–Trinajstić information content (AvgIpc) is 2.20. The van der Waals surface area contributed by atoms with Gasteiger partial charge in [0, 0.05) is 4.53 Å².